The van der Waals surface area contributed by atoms with Gasteiger partial charge in [-0.15, -0.1) is 0 Å². The molecule has 0 heterocycles. The lowest BCUT2D eigenvalue weighted by Crippen LogP contribution is -2.26. The van der Waals surface area contributed by atoms with Crippen molar-refractivity contribution >= 4 is 0 Å². The number of ether oxygens (including phenoxy) is 1. The molecule has 0 bridgehead atoms. The van der Waals surface area contributed by atoms with Gasteiger partial charge < -0.3 is 10.1 Å². The van der Waals surface area contributed by atoms with Crippen LogP contribution in [0.15, 0.2) is 18.2 Å². The number of nitrogens with one attached hydrogen (secondary N) is 1. The number of hydrogen-bond donors (Lipinski definition) is 1. The second-order valence-corrected chi connectivity index (χ2v) is 4.44. The predicted molar refractivity (Wildman–Crippen MR) is 62.3 cm³/mol. The molecule has 1 aromatic carbocycles. The van der Waals surface area contributed by atoms with Gasteiger partial charge >= 0.3 is 0 Å². The maximum Gasteiger partial charge on any atom is 0.122 e. The first kappa shape index (κ1) is 10.5. The Morgan fingerprint density at radius 2 is 2.20 bits per heavy atom. The average molecular weight is 205 g/mol. The van der Waals surface area contributed by atoms with Gasteiger partial charge in [0.05, 0.1) is 7.11 Å². The van der Waals surface area contributed by atoms with E-state index in [1.165, 1.54) is 17.5 Å². The van der Waals surface area contributed by atoms with Crippen LogP contribution in [0.5, 0.6) is 5.75 Å². The van der Waals surface area contributed by atoms with E-state index in [1.807, 2.05) is 0 Å². The molecule has 0 saturated carbocycles. The predicted octanol–water partition coefficient (Wildman–Crippen LogP) is 2.68. The van der Waals surface area contributed by atoms with Gasteiger partial charge in [0.1, 0.15) is 5.75 Å². The summed E-state index contributed by atoms with van der Waals surface area (Å²) in [7, 11) is 1.75. The Bertz CT molecular complexity index is 346. The van der Waals surface area contributed by atoms with Crippen LogP contribution in [0.4, 0.5) is 0 Å². The molecule has 0 spiro atoms. The van der Waals surface area contributed by atoms with Gasteiger partial charge in [-0.25, -0.2) is 0 Å². The molecule has 1 unspecified atom stereocenters. The fourth-order valence-corrected chi connectivity index (χ4v) is 2.39. The maximum absolute atomic E-state index is 5.38. The number of fused-ring (bicyclic) bond motifs is 1. The summed E-state index contributed by atoms with van der Waals surface area (Å²) in [6, 6.07) is 7.39. The second-order valence-electron chi connectivity index (χ2n) is 4.44. The molecular formula is C13H19NO. The van der Waals surface area contributed by atoms with Gasteiger partial charge in [-0.05, 0) is 30.0 Å². The number of methoxy groups -OCH3 is 1. The second kappa shape index (κ2) is 4.23. The Kier molecular flexibility index (Phi) is 2.96. The normalized spacial score (nSPS) is 19.3. The van der Waals surface area contributed by atoms with Gasteiger partial charge in [0.25, 0.3) is 0 Å². The lowest BCUT2D eigenvalue weighted by atomic mass is 10.1. The molecule has 0 amide bonds. The van der Waals surface area contributed by atoms with Crippen LogP contribution in [0.25, 0.3) is 0 Å². The molecule has 2 rings (SSSR count). The molecule has 15 heavy (non-hydrogen) atoms. The smallest absolute Gasteiger partial charge is 0.122 e. The van der Waals surface area contributed by atoms with E-state index in [0.717, 1.165) is 12.2 Å². The first-order valence-corrected chi connectivity index (χ1v) is 5.64. The van der Waals surface area contributed by atoms with Crippen LogP contribution in [-0.2, 0) is 6.42 Å². The van der Waals surface area contributed by atoms with E-state index in [-0.39, 0.29) is 0 Å². The van der Waals surface area contributed by atoms with E-state index in [4.69, 9.17) is 4.74 Å². The SMILES string of the molecule is COc1cccc2c1CCC2NC(C)C. The van der Waals surface area contributed by atoms with Gasteiger partial charge in [0.2, 0.25) is 0 Å². The van der Waals surface area contributed by atoms with Crippen LogP contribution < -0.4 is 10.1 Å². The molecule has 2 heteroatoms. The topological polar surface area (TPSA) is 21.3 Å². The Hall–Kier alpha value is -1.02. The zero-order valence-electron chi connectivity index (χ0n) is 9.71. The highest BCUT2D eigenvalue weighted by atomic mass is 16.5. The first-order chi connectivity index (χ1) is 7.22. The Labute approximate surface area is 91.6 Å². The van der Waals surface area contributed by atoms with E-state index >= 15 is 0 Å². The van der Waals surface area contributed by atoms with Gasteiger partial charge in [0, 0.05) is 12.1 Å². The molecule has 1 aliphatic rings. The summed E-state index contributed by atoms with van der Waals surface area (Å²) in [6.07, 6.45) is 2.32. The zero-order chi connectivity index (χ0) is 10.8. The van der Waals surface area contributed by atoms with Crippen molar-refractivity contribution in [3.05, 3.63) is 29.3 Å². The minimum absolute atomic E-state index is 0.509. The van der Waals surface area contributed by atoms with Gasteiger partial charge in [-0.3, -0.25) is 0 Å². The molecule has 0 fully saturated rings. The summed E-state index contributed by atoms with van der Waals surface area (Å²) in [5.41, 5.74) is 2.81. The van der Waals surface area contributed by atoms with Gasteiger partial charge in [-0.2, -0.15) is 0 Å². The monoisotopic (exact) mass is 205 g/mol. The highest BCUT2D eigenvalue weighted by Gasteiger charge is 2.24. The molecule has 2 nitrogen and oxygen atoms in total. The molecule has 0 radical (unpaired) electrons. The van der Waals surface area contributed by atoms with Crippen LogP contribution in [0, 0.1) is 0 Å². The number of benzene rings is 1. The van der Waals surface area contributed by atoms with Crippen LogP contribution in [-0.4, -0.2) is 13.2 Å². The van der Waals surface area contributed by atoms with Crippen LogP contribution in [0.1, 0.15) is 37.4 Å². The van der Waals surface area contributed by atoms with Crippen molar-refractivity contribution in [2.75, 3.05) is 7.11 Å². The summed E-state index contributed by atoms with van der Waals surface area (Å²) in [5, 5.41) is 3.59. The summed E-state index contributed by atoms with van der Waals surface area (Å²) >= 11 is 0. The summed E-state index contributed by atoms with van der Waals surface area (Å²) < 4.78 is 5.38. The molecule has 0 aromatic heterocycles. The van der Waals surface area contributed by atoms with E-state index in [9.17, 15) is 0 Å². The summed E-state index contributed by atoms with van der Waals surface area (Å²) in [6.45, 7) is 4.39. The van der Waals surface area contributed by atoms with Crippen molar-refractivity contribution in [2.45, 2.75) is 38.8 Å². The van der Waals surface area contributed by atoms with Crippen LogP contribution in [0.3, 0.4) is 0 Å². The van der Waals surface area contributed by atoms with Crippen molar-refractivity contribution < 1.29 is 4.74 Å². The lowest BCUT2D eigenvalue weighted by molar-refractivity contribution is 0.410. The molecule has 1 N–H and O–H groups in total. The fraction of sp³-hybridized carbons (Fsp3) is 0.538. The molecular weight excluding hydrogens is 186 g/mol. The van der Waals surface area contributed by atoms with E-state index in [1.54, 1.807) is 7.11 Å². The maximum atomic E-state index is 5.38. The third kappa shape index (κ3) is 2.00. The third-order valence-corrected chi connectivity index (χ3v) is 2.98. The Balaban J connectivity index is 2.27. The fourth-order valence-electron chi connectivity index (χ4n) is 2.39. The average Bonchev–Trinajstić information content (AvgIpc) is 2.61. The molecule has 1 atom stereocenters. The largest absolute Gasteiger partial charge is 0.496 e. The van der Waals surface area contributed by atoms with Gasteiger partial charge in [0.15, 0.2) is 0 Å². The summed E-state index contributed by atoms with van der Waals surface area (Å²) in [4.78, 5) is 0. The molecule has 1 aliphatic carbocycles. The van der Waals surface area contributed by atoms with Crippen LogP contribution >= 0.6 is 0 Å². The number of hydrogen-bond acceptors (Lipinski definition) is 2. The number of rotatable bonds is 3. The van der Waals surface area contributed by atoms with E-state index in [0.29, 0.717) is 12.1 Å². The lowest BCUT2D eigenvalue weighted by Gasteiger charge is -2.17. The minimum atomic E-state index is 0.509. The van der Waals surface area contributed by atoms with Crippen molar-refractivity contribution in [3.8, 4) is 5.75 Å². The molecule has 0 aliphatic heterocycles. The third-order valence-electron chi connectivity index (χ3n) is 2.98. The van der Waals surface area contributed by atoms with Gasteiger partial charge in [-0.1, -0.05) is 26.0 Å². The van der Waals surface area contributed by atoms with E-state index < -0.39 is 0 Å². The van der Waals surface area contributed by atoms with Crippen molar-refractivity contribution in [2.24, 2.45) is 0 Å². The first-order valence-electron chi connectivity index (χ1n) is 5.64. The quantitative estimate of drug-likeness (QED) is 0.819. The van der Waals surface area contributed by atoms with Crippen LogP contribution in [0.2, 0.25) is 0 Å². The molecule has 1 aromatic rings. The Morgan fingerprint density at radius 3 is 2.87 bits per heavy atom. The summed E-state index contributed by atoms with van der Waals surface area (Å²) in [5.74, 6) is 1.04. The highest BCUT2D eigenvalue weighted by molar-refractivity contribution is 5.45. The van der Waals surface area contributed by atoms with E-state index in [2.05, 4.69) is 37.4 Å². The van der Waals surface area contributed by atoms with Crippen molar-refractivity contribution in [1.82, 2.24) is 5.32 Å². The Morgan fingerprint density at radius 1 is 1.40 bits per heavy atom. The minimum Gasteiger partial charge on any atom is -0.496 e. The molecule has 0 saturated heterocycles. The molecule has 82 valence electrons. The van der Waals surface area contributed by atoms with Crippen molar-refractivity contribution in [1.29, 1.82) is 0 Å². The highest BCUT2D eigenvalue weighted by Crippen LogP contribution is 2.36. The van der Waals surface area contributed by atoms with Crippen molar-refractivity contribution in [3.63, 3.8) is 0 Å². The zero-order valence-corrected chi connectivity index (χ0v) is 9.71. The standard InChI is InChI=1S/C13H19NO/c1-9(2)14-12-8-7-11-10(12)5-4-6-13(11)15-3/h4-6,9,12,14H,7-8H2,1-3H3.